The summed E-state index contributed by atoms with van der Waals surface area (Å²) in [5.74, 6) is 1.95. The molecule has 168 valence electrons. The number of nitrogens with one attached hydrogen (secondary N) is 2. The van der Waals surface area contributed by atoms with E-state index in [1.54, 1.807) is 6.26 Å². The van der Waals surface area contributed by atoms with E-state index in [1.807, 2.05) is 41.9 Å². The lowest BCUT2D eigenvalue weighted by molar-refractivity contribution is 0.221. The van der Waals surface area contributed by atoms with Crippen molar-refractivity contribution in [2.24, 2.45) is 12.1 Å². The molecule has 0 spiro atoms. The third-order valence-corrected chi connectivity index (χ3v) is 6.04. The van der Waals surface area contributed by atoms with Crippen molar-refractivity contribution in [3.63, 3.8) is 0 Å². The zero-order valence-electron chi connectivity index (χ0n) is 18.1. The van der Waals surface area contributed by atoms with Gasteiger partial charge in [-0.15, -0.1) is 0 Å². The van der Waals surface area contributed by atoms with Crippen LogP contribution in [0.3, 0.4) is 0 Å². The maximum atomic E-state index is 12.3. The Balaban J connectivity index is 1.46. The fourth-order valence-electron chi connectivity index (χ4n) is 3.42. The molecule has 0 fully saturated rings. The van der Waals surface area contributed by atoms with Gasteiger partial charge in [0.15, 0.2) is 11.6 Å². The minimum Gasteiger partial charge on any atom is -0.461 e. The standard InChI is InChI=1S/C22H26N6O3S/c1-3-4-9-23-21(29)24-10-11-28-22(30)32-14-17(26-28)15-7-8-18-16(13-15)25-20(27(18)2)19-6-5-12-31-19/h5-8,12-13H,3-4,9-11,14H2,1-2H3,(H2,23,24,29). The zero-order chi connectivity index (χ0) is 22.5. The average molecular weight is 455 g/mol. The molecule has 0 aliphatic carbocycles. The van der Waals surface area contributed by atoms with E-state index in [2.05, 4.69) is 22.7 Å². The molecule has 3 aromatic rings. The van der Waals surface area contributed by atoms with Gasteiger partial charge in [-0.3, -0.25) is 4.79 Å². The number of carbonyl (C=O) groups is 2. The second-order valence-electron chi connectivity index (χ2n) is 7.44. The van der Waals surface area contributed by atoms with E-state index in [-0.39, 0.29) is 11.3 Å². The number of hydrogen-bond acceptors (Lipinski definition) is 6. The molecule has 3 amide bonds. The Morgan fingerprint density at radius 1 is 1.25 bits per heavy atom. The summed E-state index contributed by atoms with van der Waals surface area (Å²) in [6.07, 6.45) is 3.58. The largest absolute Gasteiger partial charge is 0.461 e. The average Bonchev–Trinajstić information content (AvgIpc) is 3.43. The smallest absolute Gasteiger partial charge is 0.314 e. The molecule has 0 atom stereocenters. The molecule has 10 heteroatoms. The van der Waals surface area contributed by atoms with Gasteiger partial charge in [-0.1, -0.05) is 31.2 Å². The normalized spacial score (nSPS) is 14.0. The molecule has 1 aliphatic heterocycles. The number of benzene rings is 1. The fourth-order valence-corrected chi connectivity index (χ4v) is 4.19. The van der Waals surface area contributed by atoms with Crippen LogP contribution in [0.15, 0.2) is 46.1 Å². The van der Waals surface area contributed by atoms with Crippen LogP contribution in [0.1, 0.15) is 25.3 Å². The van der Waals surface area contributed by atoms with Gasteiger partial charge in [-0.05, 0) is 30.7 Å². The Hall–Kier alpha value is -3.27. The molecule has 0 unspecified atom stereocenters. The van der Waals surface area contributed by atoms with Gasteiger partial charge in [0.2, 0.25) is 0 Å². The summed E-state index contributed by atoms with van der Waals surface area (Å²) in [5, 5.41) is 11.4. The maximum Gasteiger partial charge on any atom is 0.314 e. The van der Waals surface area contributed by atoms with Crippen molar-refractivity contribution in [2.45, 2.75) is 19.8 Å². The van der Waals surface area contributed by atoms with Crippen molar-refractivity contribution in [1.82, 2.24) is 25.2 Å². The minimum absolute atomic E-state index is 0.124. The number of nitrogens with zero attached hydrogens (tertiary/aromatic N) is 4. The number of amides is 3. The molecule has 32 heavy (non-hydrogen) atoms. The molecule has 3 heterocycles. The molecule has 9 nitrogen and oxygen atoms in total. The van der Waals surface area contributed by atoms with Crippen molar-refractivity contribution in [3.05, 3.63) is 42.2 Å². The molecule has 1 aliphatic rings. The van der Waals surface area contributed by atoms with Crippen molar-refractivity contribution in [1.29, 1.82) is 0 Å². The number of carbonyl (C=O) groups excluding carboxylic acids is 2. The molecule has 0 saturated heterocycles. The predicted octanol–water partition coefficient (Wildman–Crippen LogP) is 3.81. The van der Waals surface area contributed by atoms with Crippen LogP contribution in [0.2, 0.25) is 0 Å². The van der Waals surface area contributed by atoms with Crippen molar-refractivity contribution in [3.8, 4) is 11.6 Å². The van der Waals surface area contributed by atoms with E-state index in [0.717, 1.165) is 41.0 Å². The van der Waals surface area contributed by atoms with E-state index in [9.17, 15) is 9.59 Å². The number of unbranched alkanes of at least 4 members (excludes halogenated alkanes) is 1. The lowest BCUT2D eigenvalue weighted by Crippen LogP contribution is -2.41. The zero-order valence-corrected chi connectivity index (χ0v) is 18.9. The number of rotatable bonds is 8. The maximum absolute atomic E-state index is 12.3. The summed E-state index contributed by atoms with van der Waals surface area (Å²) in [6.45, 7) is 3.34. The highest BCUT2D eigenvalue weighted by atomic mass is 32.2. The third kappa shape index (κ3) is 4.80. The molecule has 4 rings (SSSR count). The van der Waals surface area contributed by atoms with Crippen LogP contribution in [-0.4, -0.2) is 56.9 Å². The molecule has 2 aromatic heterocycles. The highest BCUT2D eigenvalue weighted by Crippen LogP contribution is 2.26. The van der Waals surface area contributed by atoms with Gasteiger partial charge in [-0.25, -0.2) is 14.8 Å². The molecule has 0 radical (unpaired) electrons. The van der Waals surface area contributed by atoms with Gasteiger partial charge in [0, 0.05) is 31.5 Å². The van der Waals surface area contributed by atoms with Crippen molar-refractivity contribution < 1.29 is 14.0 Å². The Bertz CT molecular complexity index is 1140. The molecule has 0 saturated carbocycles. The van der Waals surface area contributed by atoms with Crippen LogP contribution >= 0.6 is 11.8 Å². The Kier molecular flexibility index (Phi) is 6.79. The predicted molar refractivity (Wildman–Crippen MR) is 126 cm³/mol. The molecule has 1 aromatic carbocycles. The number of thioether (sulfide) groups is 1. The summed E-state index contributed by atoms with van der Waals surface area (Å²) >= 11 is 1.20. The first-order valence-electron chi connectivity index (χ1n) is 10.6. The van der Waals surface area contributed by atoms with Gasteiger partial charge in [0.1, 0.15) is 0 Å². The van der Waals surface area contributed by atoms with Gasteiger partial charge in [0.25, 0.3) is 0 Å². The van der Waals surface area contributed by atoms with E-state index in [4.69, 9.17) is 9.40 Å². The molecule has 2 N–H and O–H groups in total. The van der Waals surface area contributed by atoms with Crippen LogP contribution in [0, 0.1) is 0 Å². The quantitative estimate of drug-likeness (QED) is 0.504. The summed E-state index contributed by atoms with van der Waals surface area (Å²) in [6, 6.07) is 9.46. The van der Waals surface area contributed by atoms with Gasteiger partial charge >= 0.3 is 11.3 Å². The SMILES string of the molecule is CCCCNC(=O)NCCN1N=C(c2ccc3c(c2)nc(-c2ccco2)n3C)CSC1=O. The van der Waals surface area contributed by atoms with Crippen LogP contribution in [0.5, 0.6) is 0 Å². The number of hydrogen-bond donors (Lipinski definition) is 2. The van der Waals surface area contributed by atoms with Crippen molar-refractivity contribution >= 4 is 39.8 Å². The molecular weight excluding hydrogens is 428 g/mol. The van der Waals surface area contributed by atoms with E-state index < -0.39 is 0 Å². The lowest BCUT2D eigenvalue weighted by Gasteiger charge is -2.23. The first-order chi connectivity index (χ1) is 15.6. The van der Waals surface area contributed by atoms with Crippen LogP contribution < -0.4 is 10.6 Å². The topological polar surface area (TPSA) is 105 Å². The fraction of sp³-hybridized carbons (Fsp3) is 0.364. The summed E-state index contributed by atoms with van der Waals surface area (Å²) in [5.41, 5.74) is 3.53. The van der Waals surface area contributed by atoms with Gasteiger partial charge in [-0.2, -0.15) is 5.10 Å². The monoisotopic (exact) mass is 454 g/mol. The van der Waals surface area contributed by atoms with Crippen LogP contribution in [-0.2, 0) is 7.05 Å². The number of urea groups is 1. The number of fused-ring (bicyclic) bond motifs is 1. The highest BCUT2D eigenvalue weighted by molar-refractivity contribution is 8.14. The van der Waals surface area contributed by atoms with Crippen molar-refractivity contribution in [2.75, 3.05) is 25.4 Å². The van der Waals surface area contributed by atoms with E-state index in [0.29, 0.717) is 31.1 Å². The number of imidazole rings is 1. The number of aryl methyl sites for hydroxylation is 1. The summed E-state index contributed by atoms with van der Waals surface area (Å²) in [4.78, 5) is 28.8. The van der Waals surface area contributed by atoms with Gasteiger partial charge in [0.05, 0.1) is 29.6 Å². The minimum atomic E-state index is -0.229. The van der Waals surface area contributed by atoms with E-state index >= 15 is 0 Å². The molecule has 0 bridgehead atoms. The van der Waals surface area contributed by atoms with E-state index in [1.165, 1.54) is 16.8 Å². The summed E-state index contributed by atoms with van der Waals surface area (Å²) in [7, 11) is 1.95. The first-order valence-corrected chi connectivity index (χ1v) is 11.6. The highest BCUT2D eigenvalue weighted by Gasteiger charge is 2.23. The second kappa shape index (κ2) is 9.90. The Morgan fingerprint density at radius 2 is 2.09 bits per heavy atom. The Morgan fingerprint density at radius 3 is 2.88 bits per heavy atom. The number of furan rings is 1. The van der Waals surface area contributed by atoms with Gasteiger partial charge < -0.3 is 19.6 Å². The number of aromatic nitrogens is 2. The first kappa shape index (κ1) is 21.9. The summed E-state index contributed by atoms with van der Waals surface area (Å²) < 4.78 is 7.48. The Labute approximate surface area is 190 Å². The second-order valence-corrected chi connectivity index (χ2v) is 8.36. The third-order valence-electron chi connectivity index (χ3n) is 5.17. The van der Waals surface area contributed by atoms with Crippen LogP contribution in [0.4, 0.5) is 9.59 Å². The lowest BCUT2D eigenvalue weighted by atomic mass is 10.1. The molecular formula is C22H26N6O3S. The van der Waals surface area contributed by atoms with Crippen LogP contribution in [0.25, 0.3) is 22.6 Å². The number of hydrazone groups is 1.